The Kier molecular flexibility index (Phi) is 3.01. The summed E-state index contributed by atoms with van der Waals surface area (Å²) in [6.07, 6.45) is 1.45. The fraction of sp³-hybridized carbons (Fsp3) is 0.167. The fourth-order valence-electron chi connectivity index (χ4n) is 1.63. The molecular formula is C12H12FN3O2. The van der Waals surface area contributed by atoms with E-state index in [0.29, 0.717) is 11.1 Å². The third-order valence-corrected chi connectivity index (χ3v) is 2.64. The second kappa shape index (κ2) is 4.48. The second-order valence-electron chi connectivity index (χ2n) is 4.04. The van der Waals surface area contributed by atoms with Gasteiger partial charge in [-0.15, -0.1) is 0 Å². The summed E-state index contributed by atoms with van der Waals surface area (Å²) in [6.45, 7) is 1.78. The number of nitrogens with zero attached hydrogens (tertiary/aromatic N) is 1. The molecular weight excluding hydrogens is 237 g/mol. The molecule has 0 saturated heterocycles. The molecule has 0 radical (unpaired) electrons. The molecule has 5 nitrogen and oxygen atoms in total. The molecule has 0 fully saturated rings. The lowest BCUT2D eigenvalue weighted by Gasteiger charge is -2.08. The molecule has 6 heteroatoms. The molecule has 0 atom stereocenters. The average Bonchev–Trinajstić information content (AvgIpc) is 2.29. The van der Waals surface area contributed by atoms with E-state index in [4.69, 9.17) is 5.73 Å². The van der Waals surface area contributed by atoms with E-state index >= 15 is 0 Å². The van der Waals surface area contributed by atoms with Crippen molar-refractivity contribution in [3.8, 4) is 0 Å². The van der Waals surface area contributed by atoms with Crippen LogP contribution >= 0.6 is 0 Å². The number of rotatable bonds is 2. The number of nitrogens with two attached hydrogens (primary N) is 1. The molecule has 1 aromatic heterocycles. The Labute approximate surface area is 102 Å². The summed E-state index contributed by atoms with van der Waals surface area (Å²) in [5.41, 5.74) is 6.04. The zero-order valence-corrected chi connectivity index (χ0v) is 9.74. The quantitative estimate of drug-likeness (QED) is 0.765. The molecule has 1 aromatic carbocycles. The van der Waals surface area contributed by atoms with Crippen molar-refractivity contribution in [3.63, 3.8) is 0 Å². The SMILES string of the molecule is Cc1cn(Cc2ccc(F)cc2N)c(=O)[nH]c1=O. The number of halogens is 1. The molecule has 0 unspecified atom stereocenters. The molecule has 0 aliphatic rings. The first-order valence-corrected chi connectivity index (χ1v) is 5.31. The molecule has 0 amide bonds. The number of anilines is 1. The molecule has 94 valence electrons. The van der Waals surface area contributed by atoms with Crippen molar-refractivity contribution < 1.29 is 4.39 Å². The number of H-pyrrole nitrogens is 1. The lowest BCUT2D eigenvalue weighted by Crippen LogP contribution is -2.31. The zero-order valence-electron chi connectivity index (χ0n) is 9.74. The molecule has 2 rings (SSSR count). The Morgan fingerprint density at radius 2 is 2.11 bits per heavy atom. The average molecular weight is 249 g/mol. The van der Waals surface area contributed by atoms with E-state index in [2.05, 4.69) is 4.98 Å². The van der Waals surface area contributed by atoms with Crippen molar-refractivity contribution in [1.29, 1.82) is 0 Å². The first-order chi connectivity index (χ1) is 8.47. The van der Waals surface area contributed by atoms with E-state index in [1.165, 1.54) is 29.0 Å². The van der Waals surface area contributed by atoms with Crippen molar-refractivity contribution in [1.82, 2.24) is 9.55 Å². The van der Waals surface area contributed by atoms with Crippen molar-refractivity contribution in [2.75, 3.05) is 5.73 Å². The molecule has 18 heavy (non-hydrogen) atoms. The molecule has 0 aliphatic carbocycles. The molecule has 2 aromatic rings. The second-order valence-corrected chi connectivity index (χ2v) is 4.04. The number of nitrogen functional groups attached to an aromatic ring is 1. The molecule has 3 N–H and O–H groups in total. The minimum atomic E-state index is -0.519. The van der Waals surface area contributed by atoms with Crippen LogP contribution < -0.4 is 17.0 Å². The van der Waals surface area contributed by atoms with Crippen LogP contribution in [-0.2, 0) is 6.54 Å². The summed E-state index contributed by atoms with van der Waals surface area (Å²) in [4.78, 5) is 25.0. The van der Waals surface area contributed by atoms with Crippen LogP contribution in [0.4, 0.5) is 10.1 Å². The van der Waals surface area contributed by atoms with Gasteiger partial charge in [-0.05, 0) is 24.6 Å². The molecule has 0 aliphatic heterocycles. The highest BCUT2D eigenvalue weighted by Gasteiger charge is 2.05. The van der Waals surface area contributed by atoms with E-state index in [0.717, 1.165) is 0 Å². The van der Waals surface area contributed by atoms with Crippen LogP contribution in [0, 0.1) is 12.7 Å². The summed E-state index contributed by atoms with van der Waals surface area (Å²) in [5, 5.41) is 0. The van der Waals surface area contributed by atoms with E-state index in [1.807, 2.05) is 0 Å². The van der Waals surface area contributed by atoms with Crippen molar-refractivity contribution >= 4 is 5.69 Å². The maximum absolute atomic E-state index is 12.9. The summed E-state index contributed by atoms with van der Waals surface area (Å²) in [5.74, 6) is -0.429. The van der Waals surface area contributed by atoms with E-state index in [-0.39, 0.29) is 12.2 Å². The third-order valence-electron chi connectivity index (χ3n) is 2.64. The van der Waals surface area contributed by atoms with Gasteiger partial charge in [0.05, 0.1) is 6.54 Å². The summed E-state index contributed by atoms with van der Waals surface area (Å²) in [6, 6.07) is 3.98. The first-order valence-electron chi connectivity index (χ1n) is 5.31. The summed E-state index contributed by atoms with van der Waals surface area (Å²) >= 11 is 0. The van der Waals surface area contributed by atoms with E-state index in [9.17, 15) is 14.0 Å². The molecule has 0 saturated carbocycles. The highest BCUT2D eigenvalue weighted by molar-refractivity contribution is 5.46. The van der Waals surface area contributed by atoms with Crippen molar-refractivity contribution in [3.05, 3.63) is 62.2 Å². The van der Waals surface area contributed by atoms with Crippen molar-refractivity contribution in [2.45, 2.75) is 13.5 Å². The number of hydrogen-bond acceptors (Lipinski definition) is 3. The first kappa shape index (κ1) is 12.1. The van der Waals surface area contributed by atoms with Crippen LogP contribution in [0.25, 0.3) is 0 Å². The van der Waals surface area contributed by atoms with Gasteiger partial charge in [0.15, 0.2) is 0 Å². The largest absolute Gasteiger partial charge is 0.398 e. The van der Waals surface area contributed by atoms with Crippen molar-refractivity contribution in [2.24, 2.45) is 0 Å². The highest BCUT2D eigenvalue weighted by atomic mass is 19.1. The van der Waals surface area contributed by atoms with Gasteiger partial charge in [-0.2, -0.15) is 0 Å². The number of benzene rings is 1. The normalized spacial score (nSPS) is 10.6. The number of aryl methyl sites for hydroxylation is 1. The van der Waals surface area contributed by atoms with Crippen LogP contribution in [0.2, 0.25) is 0 Å². The number of nitrogens with one attached hydrogen (secondary N) is 1. The minimum Gasteiger partial charge on any atom is -0.398 e. The lowest BCUT2D eigenvalue weighted by molar-refractivity contribution is 0.626. The molecule has 0 spiro atoms. The van der Waals surface area contributed by atoms with Gasteiger partial charge >= 0.3 is 5.69 Å². The van der Waals surface area contributed by atoms with Crippen LogP contribution in [0.3, 0.4) is 0 Å². The molecule has 0 bridgehead atoms. The van der Waals surface area contributed by atoms with Gasteiger partial charge in [-0.3, -0.25) is 14.3 Å². The standard InChI is InChI=1S/C12H12FN3O2/c1-7-5-16(12(18)15-11(7)17)6-8-2-3-9(13)4-10(8)14/h2-5H,6,14H2,1H3,(H,15,17,18). The number of aromatic nitrogens is 2. The Bertz CT molecular complexity index is 703. The minimum absolute atomic E-state index is 0.183. The predicted octanol–water partition coefficient (Wildman–Crippen LogP) is 0.615. The summed E-state index contributed by atoms with van der Waals surface area (Å²) in [7, 11) is 0. The Hall–Kier alpha value is -2.37. The number of aromatic amines is 1. The van der Waals surface area contributed by atoms with Gasteiger partial charge in [-0.1, -0.05) is 6.07 Å². The van der Waals surface area contributed by atoms with E-state index in [1.54, 1.807) is 6.92 Å². The van der Waals surface area contributed by atoms with Crippen LogP contribution in [0.5, 0.6) is 0 Å². The Morgan fingerprint density at radius 1 is 1.39 bits per heavy atom. The zero-order chi connectivity index (χ0) is 13.3. The lowest BCUT2D eigenvalue weighted by atomic mass is 10.2. The van der Waals surface area contributed by atoms with E-state index < -0.39 is 17.1 Å². The Balaban J connectivity index is 2.43. The topological polar surface area (TPSA) is 80.9 Å². The summed E-state index contributed by atoms with van der Waals surface area (Å²) < 4.78 is 14.2. The van der Waals surface area contributed by atoms with Gasteiger partial charge in [0.25, 0.3) is 5.56 Å². The predicted molar refractivity (Wildman–Crippen MR) is 66.0 cm³/mol. The smallest absolute Gasteiger partial charge is 0.328 e. The third kappa shape index (κ3) is 2.32. The van der Waals surface area contributed by atoms with Gasteiger partial charge < -0.3 is 5.73 Å². The van der Waals surface area contributed by atoms with Gasteiger partial charge in [-0.25, -0.2) is 9.18 Å². The maximum atomic E-state index is 12.9. The number of hydrogen-bond donors (Lipinski definition) is 2. The van der Waals surface area contributed by atoms with Crippen LogP contribution in [0.1, 0.15) is 11.1 Å². The maximum Gasteiger partial charge on any atom is 0.328 e. The van der Waals surface area contributed by atoms with Crippen LogP contribution in [0.15, 0.2) is 34.0 Å². The van der Waals surface area contributed by atoms with Crippen LogP contribution in [-0.4, -0.2) is 9.55 Å². The highest BCUT2D eigenvalue weighted by Crippen LogP contribution is 2.13. The van der Waals surface area contributed by atoms with Gasteiger partial charge in [0.1, 0.15) is 5.82 Å². The Morgan fingerprint density at radius 3 is 2.78 bits per heavy atom. The fourth-order valence-corrected chi connectivity index (χ4v) is 1.63. The monoisotopic (exact) mass is 249 g/mol. The molecule has 1 heterocycles. The van der Waals surface area contributed by atoms with Gasteiger partial charge in [0, 0.05) is 17.4 Å². The van der Waals surface area contributed by atoms with Gasteiger partial charge in [0.2, 0.25) is 0 Å².